The van der Waals surface area contributed by atoms with Crippen LogP contribution in [0.1, 0.15) is 74.9 Å². The van der Waals surface area contributed by atoms with E-state index in [1.54, 1.807) is 0 Å². The molecule has 11 rings (SSSR count). The molecule has 0 spiro atoms. The van der Waals surface area contributed by atoms with Gasteiger partial charge >= 0.3 is 0 Å². The molecule has 3 nitrogen and oxygen atoms in total. The maximum atomic E-state index is 2.61. The van der Waals surface area contributed by atoms with Crippen LogP contribution in [0.25, 0.3) is 27.5 Å². The van der Waals surface area contributed by atoms with Crippen LogP contribution in [0, 0.1) is 0 Å². The van der Waals surface area contributed by atoms with Gasteiger partial charge in [0.05, 0.1) is 16.7 Å². The number of fused-ring (bicyclic) bond motifs is 3. The number of aromatic nitrogens is 1. The summed E-state index contributed by atoms with van der Waals surface area (Å²) >= 11 is 0. The van der Waals surface area contributed by atoms with Gasteiger partial charge < -0.3 is 14.4 Å². The lowest BCUT2D eigenvalue weighted by molar-refractivity contribution is 0.591. The van der Waals surface area contributed by atoms with Gasteiger partial charge in [0.1, 0.15) is 0 Å². The summed E-state index contributed by atoms with van der Waals surface area (Å²) in [5.41, 5.74) is 16.5. The molecule has 352 valence electrons. The Hall–Kier alpha value is -8.40. The van der Waals surface area contributed by atoms with Crippen LogP contribution in [0.5, 0.6) is 0 Å². The van der Waals surface area contributed by atoms with Crippen molar-refractivity contribution in [2.45, 2.75) is 57.8 Å². The summed E-state index contributed by atoms with van der Waals surface area (Å²) in [7, 11) is 0. The van der Waals surface area contributed by atoms with Crippen LogP contribution in [-0.2, 0) is 16.2 Å². The fourth-order valence-electron chi connectivity index (χ4n) is 11.0. The summed E-state index contributed by atoms with van der Waals surface area (Å²) in [6, 6.07) is 95.4. The van der Waals surface area contributed by atoms with Gasteiger partial charge in [0.25, 0.3) is 0 Å². The number of hydrogen-bond acceptors (Lipinski definition) is 2. The molecule has 0 fully saturated rings. The average molecular weight is 932 g/mol. The summed E-state index contributed by atoms with van der Waals surface area (Å²) in [6.07, 6.45) is 0. The van der Waals surface area contributed by atoms with Crippen molar-refractivity contribution < 1.29 is 0 Å². The van der Waals surface area contributed by atoms with Gasteiger partial charge in [0.15, 0.2) is 0 Å². The minimum atomic E-state index is -0.432. The normalized spacial score (nSPS) is 12.0. The molecule has 0 saturated carbocycles. The maximum Gasteiger partial charge on any atom is 0.0544 e. The second-order valence-corrected chi connectivity index (χ2v) is 20.6. The van der Waals surface area contributed by atoms with Crippen LogP contribution in [0.4, 0.5) is 34.1 Å². The Labute approximate surface area is 425 Å². The molecular formula is C69H61N3. The molecule has 0 atom stereocenters. The van der Waals surface area contributed by atoms with Crippen molar-refractivity contribution in [3.8, 4) is 5.69 Å². The molecule has 0 amide bonds. The van der Waals surface area contributed by atoms with Gasteiger partial charge in [-0.2, -0.15) is 0 Å². The quantitative estimate of drug-likeness (QED) is 0.114. The van der Waals surface area contributed by atoms with Crippen molar-refractivity contribution in [1.29, 1.82) is 0 Å². The third-order valence-electron chi connectivity index (χ3n) is 15.2. The van der Waals surface area contributed by atoms with Crippen molar-refractivity contribution >= 4 is 55.9 Å². The lowest BCUT2D eigenvalue weighted by Gasteiger charge is -2.38. The van der Waals surface area contributed by atoms with E-state index >= 15 is 0 Å². The largest absolute Gasteiger partial charge is 0.310 e. The van der Waals surface area contributed by atoms with E-state index in [-0.39, 0.29) is 5.41 Å². The zero-order valence-corrected chi connectivity index (χ0v) is 42.2. The topological polar surface area (TPSA) is 11.4 Å². The molecule has 3 heteroatoms. The zero-order chi connectivity index (χ0) is 49.5. The molecule has 1 aromatic heterocycles. The number of para-hydroxylation sites is 4. The predicted octanol–water partition coefficient (Wildman–Crippen LogP) is 18.7. The van der Waals surface area contributed by atoms with Crippen molar-refractivity contribution in [3.63, 3.8) is 0 Å². The Morgan fingerprint density at radius 3 is 0.847 bits per heavy atom. The first-order chi connectivity index (χ1) is 35.0. The Morgan fingerprint density at radius 2 is 0.542 bits per heavy atom. The molecule has 0 radical (unpaired) electrons. The summed E-state index contributed by atoms with van der Waals surface area (Å²) in [6.45, 7) is 14.4. The number of rotatable bonds is 13. The van der Waals surface area contributed by atoms with Crippen LogP contribution in [0.3, 0.4) is 0 Å². The molecule has 11 aromatic rings. The average Bonchev–Trinajstić information content (AvgIpc) is 3.75. The first-order valence-electron chi connectivity index (χ1n) is 25.3. The Balaban J connectivity index is 1.28. The first-order valence-corrected chi connectivity index (χ1v) is 25.3. The molecule has 1 heterocycles. The summed E-state index contributed by atoms with van der Waals surface area (Å²) in [4.78, 5) is 4.75. The summed E-state index contributed by atoms with van der Waals surface area (Å²) < 4.78 is 2.61. The molecular weight excluding hydrogens is 871 g/mol. The number of hydrogen-bond donors (Lipinski definition) is 0. The van der Waals surface area contributed by atoms with E-state index in [0.29, 0.717) is 0 Å². The SMILES string of the molecule is CC(C)(c1ccccc1)c1cc(C(C)(C)c2ccccc2)c(-n2c3ccc(N(c4ccccc4)c4ccccc4)cc3c3cc(N(c4ccccc4)c4ccccc4)ccc32)c(C(C)(C)c2ccccc2)c1. The Morgan fingerprint density at radius 1 is 0.264 bits per heavy atom. The molecule has 0 aliphatic carbocycles. The van der Waals surface area contributed by atoms with Crippen LogP contribution in [0.15, 0.2) is 261 Å². The van der Waals surface area contributed by atoms with Crippen LogP contribution in [-0.4, -0.2) is 4.57 Å². The van der Waals surface area contributed by atoms with Gasteiger partial charge in [-0.15, -0.1) is 0 Å². The minimum absolute atomic E-state index is 0.315. The van der Waals surface area contributed by atoms with Crippen molar-refractivity contribution in [3.05, 3.63) is 294 Å². The smallest absolute Gasteiger partial charge is 0.0544 e. The fraction of sp³-hybridized carbons (Fsp3) is 0.130. The molecule has 72 heavy (non-hydrogen) atoms. The molecule has 0 aliphatic heterocycles. The zero-order valence-electron chi connectivity index (χ0n) is 42.2. The fourth-order valence-corrected chi connectivity index (χ4v) is 11.0. The molecule has 0 unspecified atom stereocenters. The lowest BCUT2D eigenvalue weighted by Crippen LogP contribution is -2.30. The number of benzene rings is 10. The van der Waals surface area contributed by atoms with Gasteiger partial charge in [0.2, 0.25) is 0 Å². The minimum Gasteiger partial charge on any atom is -0.310 e. The maximum absolute atomic E-state index is 2.61. The van der Waals surface area contributed by atoms with Gasteiger partial charge in [-0.3, -0.25) is 0 Å². The third-order valence-corrected chi connectivity index (χ3v) is 15.2. The van der Waals surface area contributed by atoms with Crippen LogP contribution < -0.4 is 9.80 Å². The van der Waals surface area contributed by atoms with E-state index in [2.05, 4.69) is 317 Å². The number of anilines is 6. The van der Waals surface area contributed by atoms with Crippen molar-refractivity contribution in [2.75, 3.05) is 9.80 Å². The van der Waals surface area contributed by atoms with E-state index in [9.17, 15) is 0 Å². The third kappa shape index (κ3) is 8.25. The van der Waals surface area contributed by atoms with E-state index in [4.69, 9.17) is 0 Å². The Bertz CT molecular complexity index is 3330. The molecule has 0 saturated heterocycles. The number of nitrogens with zero attached hydrogens (tertiary/aromatic N) is 3. The van der Waals surface area contributed by atoms with E-state index < -0.39 is 10.8 Å². The van der Waals surface area contributed by atoms with E-state index in [0.717, 1.165) is 45.2 Å². The second kappa shape index (κ2) is 18.7. The summed E-state index contributed by atoms with van der Waals surface area (Å²) in [5, 5.41) is 2.34. The Kier molecular flexibility index (Phi) is 12.0. The van der Waals surface area contributed by atoms with Gasteiger partial charge in [-0.1, -0.05) is 217 Å². The lowest BCUT2D eigenvalue weighted by atomic mass is 9.68. The van der Waals surface area contributed by atoms with E-state index in [1.165, 1.54) is 49.8 Å². The molecule has 0 N–H and O–H groups in total. The first kappa shape index (κ1) is 46.0. The predicted molar refractivity (Wildman–Crippen MR) is 306 cm³/mol. The molecule has 0 aliphatic rings. The summed E-state index contributed by atoms with van der Waals surface area (Å²) in [5.74, 6) is 0. The second-order valence-electron chi connectivity index (χ2n) is 20.6. The highest BCUT2D eigenvalue weighted by Crippen LogP contribution is 2.50. The highest BCUT2D eigenvalue weighted by atomic mass is 15.1. The van der Waals surface area contributed by atoms with Crippen molar-refractivity contribution in [1.82, 2.24) is 4.57 Å². The monoisotopic (exact) mass is 931 g/mol. The van der Waals surface area contributed by atoms with Gasteiger partial charge in [-0.05, 0) is 118 Å². The highest BCUT2D eigenvalue weighted by molar-refractivity contribution is 6.12. The molecule has 10 aromatic carbocycles. The van der Waals surface area contributed by atoms with Crippen LogP contribution in [0.2, 0.25) is 0 Å². The van der Waals surface area contributed by atoms with Crippen LogP contribution >= 0.6 is 0 Å². The standard InChI is InChI=1S/C69H61N3/c1-67(2,50-28-14-7-15-29-50)53-46-62(68(3,4)51-30-16-8-17-31-51)66(63(47-53)69(5,6)52-32-18-9-19-33-52)72-64-44-42-58(70(54-34-20-10-21-35-54)55-36-22-11-23-37-55)48-60(64)61-49-59(43-45-65(61)72)71(56-38-24-12-25-39-56)57-40-26-13-27-41-57/h7-49H,1-6H3. The molecule has 0 bridgehead atoms. The van der Waals surface area contributed by atoms with Crippen molar-refractivity contribution in [2.24, 2.45) is 0 Å². The van der Waals surface area contributed by atoms with E-state index in [1.807, 2.05) is 0 Å². The van der Waals surface area contributed by atoms with Gasteiger partial charge in [-0.25, -0.2) is 0 Å². The highest BCUT2D eigenvalue weighted by Gasteiger charge is 2.38. The van der Waals surface area contributed by atoms with Gasteiger partial charge in [0, 0.05) is 61.1 Å².